The van der Waals surface area contributed by atoms with Crippen molar-refractivity contribution >= 4 is 0 Å². The highest BCUT2D eigenvalue weighted by Crippen LogP contribution is 2.15. The van der Waals surface area contributed by atoms with Gasteiger partial charge in [-0.3, -0.25) is 0 Å². The van der Waals surface area contributed by atoms with Crippen molar-refractivity contribution < 1.29 is 4.42 Å². The minimum Gasteiger partial charge on any atom is -0.469 e. The van der Waals surface area contributed by atoms with Gasteiger partial charge in [0.15, 0.2) is 0 Å². The molecule has 0 aliphatic rings. The monoisotopic (exact) mass is 186 g/mol. The van der Waals surface area contributed by atoms with Gasteiger partial charge in [0, 0.05) is 6.42 Å². The van der Waals surface area contributed by atoms with E-state index >= 15 is 0 Å². The van der Waals surface area contributed by atoms with E-state index in [1.54, 1.807) is 6.26 Å². The highest BCUT2D eigenvalue weighted by Gasteiger charge is 2.02. The Bertz CT molecular complexity index is 426. The second kappa shape index (κ2) is 3.70. The summed E-state index contributed by atoms with van der Waals surface area (Å²) < 4.78 is 5.27. The van der Waals surface area contributed by atoms with Gasteiger partial charge < -0.3 is 4.42 Å². The molecule has 72 valence electrons. The fraction of sp³-hybridized carbons (Fsp3) is 0.231. The SMILES string of the molecule is Cc1cccc(Cc2ccoc2C)c1. The van der Waals surface area contributed by atoms with Crippen LogP contribution in [0.4, 0.5) is 0 Å². The summed E-state index contributed by atoms with van der Waals surface area (Å²) in [6.45, 7) is 4.12. The van der Waals surface area contributed by atoms with Crippen molar-refractivity contribution in [3.63, 3.8) is 0 Å². The molecule has 1 heterocycles. The number of benzene rings is 1. The first-order chi connectivity index (χ1) is 6.75. The van der Waals surface area contributed by atoms with E-state index in [1.165, 1.54) is 16.7 Å². The number of aryl methyl sites for hydroxylation is 2. The van der Waals surface area contributed by atoms with E-state index in [4.69, 9.17) is 4.42 Å². The molecule has 1 aromatic carbocycles. The molecule has 1 heteroatoms. The summed E-state index contributed by atoms with van der Waals surface area (Å²) in [7, 11) is 0. The van der Waals surface area contributed by atoms with Crippen molar-refractivity contribution in [2.75, 3.05) is 0 Å². The van der Waals surface area contributed by atoms with Gasteiger partial charge in [0.05, 0.1) is 6.26 Å². The molecule has 0 saturated heterocycles. The van der Waals surface area contributed by atoms with E-state index in [-0.39, 0.29) is 0 Å². The van der Waals surface area contributed by atoms with Crippen LogP contribution < -0.4 is 0 Å². The molecule has 1 nitrogen and oxygen atoms in total. The summed E-state index contributed by atoms with van der Waals surface area (Å²) in [4.78, 5) is 0. The summed E-state index contributed by atoms with van der Waals surface area (Å²) in [5.74, 6) is 1.02. The number of furan rings is 1. The van der Waals surface area contributed by atoms with Gasteiger partial charge >= 0.3 is 0 Å². The molecule has 0 atom stereocenters. The van der Waals surface area contributed by atoms with Crippen LogP contribution in [0, 0.1) is 13.8 Å². The Hall–Kier alpha value is -1.50. The maximum atomic E-state index is 5.27. The molecule has 0 spiro atoms. The lowest BCUT2D eigenvalue weighted by Crippen LogP contribution is -1.88. The van der Waals surface area contributed by atoms with Crippen LogP contribution in [0.25, 0.3) is 0 Å². The molecule has 2 aromatic rings. The fourth-order valence-electron chi connectivity index (χ4n) is 1.64. The number of rotatable bonds is 2. The van der Waals surface area contributed by atoms with Crippen molar-refractivity contribution in [1.82, 2.24) is 0 Å². The fourth-order valence-corrected chi connectivity index (χ4v) is 1.64. The molecule has 1 aromatic heterocycles. The minimum absolute atomic E-state index is 0.962. The lowest BCUT2D eigenvalue weighted by Gasteiger charge is -2.01. The smallest absolute Gasteiger partial charge is 0.104 e. The molecule has 0 bridgehead atoms. The molecule has 0 aliphatic carbocycles. The molecular formula is C13H14O. The largest absolute Gasteiger partial charge is 0.469 e. The maximum Gasteiger partial charge on any atom is 0.104 e. The van der Waals surface area contributed by atoms with Gasteiger partial charge in [-0.15, -0.1) is 0 Å². The van der Waals surface area contributed by atoms with Crippen LogP contribution in [-0.4, -0.2) is 0 Å². The number of hydrogen-bond acceptors (Lipinski definition) is 1. The standard InChI is InChI=1S/C13H14O/c1-10-4-3-5-12(8-10)9-13-6-7-14-11(13)2/h3-8H,9H2,1-2H3. The topological polar surface area (TPSA) is 13.1 Å². The Balaban J connectivity index is 2.23. The highest BCUT2D eigenvalue weighted by molar-refractivity contribution is 5.29. The first-order valence-corrected chi connectivity index (χ1v) is 4.84. The molecular weight excluding hydrogens is 172 g/mol. The zero-order valence-electron chi connectivity index (χ0n) is 8.58. The first-order valence-electron chi connectivity index (χ1n) is 4.84. The minimum atomic E-state index is 0.962. The Morgan fingerprint density at radius 2 is 2.00 bits per heavy atom. The van der Waals surface area contributed by atoms with Crippen LogP contribution in [0.1, 0.15) is 22.5 Å². The molecule has 0 N–H and O–H groups in total. The Morgan fingerprint density at radius 3 is 2.64 bits per heavy atom. The zero-order chi connectivity index (χ0) is 9.97. The lowest BCUT2D eigenvalue weighted by molar-refractivity contribution is 0.530. The molecule has 14 heavy (non-hydrogen) atoms. The van der Waals surface area contributed by atoms with Crippen LogP contribution in [0.5, 0.6) is 0 Å². The van der Waals surface area contributed by atoms with Gasteiger partial charge in [0.1, 0.15) is 5.76 Å². The second-order valence-corrected chi connectivity index (χ2v) is 3.67. The van der Waals surface area contributed by atoms with E-state index < -0.39 is 0 Å². The van der Waals surface area contributed by atoms with Crippen LogP contribution >= 0.6 is 0 Å². The number of hydrogen-bond donors (Lipinski definition) is 0. The Labute approximate surface area is 84.4 Å². The molecule has 0 unspecified atom stereocenters. The molecule has 0 saturated carbocycles. The molecule has 0 fully saturated rings. The van der Waals surface area contributed by atoms with Crippen molar-refractivity contribution in [2.24, 2.45) is 0 Å². The van der Waals surface area contributed by atoms with Crippen molar-refractivity contribution in [3.05, 3.63) is 59.0 Å². The Kier molecular flexibility index (Phi) is 2.40. The maximum absolute atomic E-state index is 5.27. The van der Waals surface area contributed by atoms with Crippen molar-refractivity contribution in [2.45, 2.75) is 20.3 Å². The summed E-state index contributed by atoms with van der Waals surface area (Å²) in [5.41, 5.74) is 3.92. The van der Waals surface area contributed by atoms with Crippen molar-refractivity contribution in [3.8, 4) is 0 Å². The van der Waals surface area contributed by atoms with Gasteiger partial charge in [0.2, 0.25) is 0 Å². The molecule has 2 rings (SSSR count). The second-order valence-electron chi connectivity index (χ2n) is 3.67. The third-order valence-electron chi connectivity index (χ3n) is 2.44. The van der Waals surface area contributed by atoms with Crippen LogP contribution in [0.15, 0.2) is 41.0 Å². The predicted octanol–water partition coefficient (Wildman–Crippen LogP) is 3.49. The quantitative estimate of drug-likeness (QED) is 0.699. The molecule has 0 radical (unpaired) electrons. The zero-order valence-corrected chi connectivity index (χ0v) is 8.58. The first kappa shape index (κ1) is 9.07. The average Bonchev–Trinajstić information content (AvgIpc) is 2.52. The molecule has 0 amide bonds. The summed E-state index contributed by atoms with van der Waals surface area (Å²) in [5, 5.41) is 0. The Morgan fingerprint density at radius 1 is 1.14 bits per heavy atom. The molecule has 0 aliphatic heterocycles. The summed E-state index contributed by atoms with van der Waals surface area (Å²) in [6, 6.07) is 10.6. The summed E-state index contributed by atoms with van der Waals surface area (Å²) in [6.07, 6.45) is 2.71. The van der Waals surface area contributed by atoms with Crippen LogP contribution in [-0.2, 0) is 6.42 Å². The van der Waals surface area contributed by atoms with Gasteiger partial charge in [-0.25, -0.2) is 0 Å². The third-order valence-corrected chi connectivity index (χ3v) is 2.44. The normalized spacial score (nSPS) is 10.4. The van der Waals surface area contributed by atoms with E-state index in [0.717, 1.165) is 12.2 Å². The van der Waals surface area contributed by atoms with Crippen LogP contribution in [0.2, 0.25) is 0 Å². The van der Waals surface area contributed by atoms with E-state index in [1.807, 2.05) is 13.0 Å². The summed E-state index contributed by atoms with van der Waals surface area (Å²) >= 11 is 0. The highest BCUT2D eigenvalue weighted by atomic mass is 16.3. The van der Waals surface area contributed by atoms with Gasteiger partial charge in [-0.05, 0) is 31.0 Å². The van der Waals surface area contributed by atoms with Crippen molar-refractivity contribution in [1.29, 1.82) is 0 Å². The van der Waals surface area contributed by atoms with E-state index in [9.17, 15) is 0 Å². The van der Waals surface area contributed by atoms with Crippen LogP contribution in [0.3, 0.4) is 0 Å². The predicted molar refractivity (Wildman–Crippen MR) is 57.4 cm³/mol. The third kappa shape index (κ3) is 1.87. The van der Waals surface area contributed by atoms with E-state index in [0.29, 0.717) is 0 Å². The van der Waals surface area contributed by atoms with E-state index in [2.05, 4.69) is 31.2 Å². The average molecular weight is 186 g/mol. The van der Waals surface area contributed by atoms with Gasteiger partial charge in [-0.2, -0.15) is 0 Å². The lowest BCUT2D eigenvalue weighted by atomic mass is 10.0. The van der Waals surface area contributed by atoms with Gasteiger partial charge in [-0.1, -0.05) is 29.8 Å². The van der Waals surface area contributed by atoms with Gasteiger partial charge in [0.25, 0.3) is 0 Å².